The Hall–Kier alpha value is -2.27. The van der Waals surface area contributed by atoms with Crippen molar-refractivity contribution in [3.05, 3.63) is 47.1 Å². The average molecular weight is 306 g/mol. The summed E-state index contributed by atoms with van der Waals surface area (Å²) in [5, 5.41) is 6.26. The monoisotopic (exact) mass is 305 g/mol. The van der Waals surface area contributed by atoms with E-state index in [1.165, 1.54) is 0 Å². The predicted octanol–water partition coefficient (Wildman–Crippen LogP) is 3.43. The molecule has 0 aliphatic rings. The first-order chi connectivity index (χ1) is 10.2. The van der Waals surface area contributed by atoms with Crippen molar-refractivity contribution >= 4 is 29.0 Å². The Morgan fingerprint density at radius 3 is 2.90 bits per heavy atom. The van der Waals surface area contributed by atoms with E-state index in [0.717, 1.165) is 0 Å². The molecule has 0 unspecified atom stereocenters. The van der Waals surface area contributed by atoms with Crippen LogP contribution in [0.15, 0.2) is 36.5 Å². The second kappa shape index (κ2) is 6.95. The van der Waals surface area contributed by atoms with Crippen LogP contribution in [0.25, 0.3) is 0 Å². The number of benzene rings is 1. The summed E-state index contributed by atoms with van der Waals surface area (Å²) in [6.07, 6.45) is 1.63. The summed E-state index contributed by atoms with van der Waals surface area (Å²) in [7, 11) is 1.55. The molecule has 0 bridgehead atoms. The van der Waals surface area contributed by atoms with Gasteiger partial charge in [0.2, 0.25) is 0 Å². The van der Waals surface area contributed by atoms with Crippen LogP contribution in [0.3, 0.4) is 0 Å². The number of carbonyl (C=O) groups excluding carboxylic acids is 1. The smallest absolute Gasteiger partial charge is 0.259 e. The number of rotatable bonds is 5. The molecule has 0 atom stereocenters. The number of halogens is 1. The van der Waals surface area contributed by atoms with Gasteiger partial charge in [0.25, 0.3) is 5.91 Å². The SMILES string of the molecule is CCNc1ncccc1C(=O)Nc1cc(OC)ccc1Cl. The molecule has 0 saturated carbocycles. The summed E-state index contributed by atoms with van der Waals surface area (Å²) in [4.78, 5) is 16.5. The van der Waals surface area contributed by atoms with E-state index in [9.17, 15) is 4.79 Å². The highest BCUT2D eigenvalue weighted by molar-refractivity contribution is 6.34. The predicted molar refractivity (Wildman–Crippen MR) is 84.4 cm³/mol. The lowest BCUT2D eigenvalue weighted by Gasteiger charge is -2.11. The third-order valence-electron chi connectivity index (χ3n) is 2.82. The van der Waals surface area contributed by atoms with Crippen molar-refractivity contribution in [2.75, 3.05) is 24.3 Å². The van der Waals surface area contributed by atoms with Crippen LogP contribution in [-0.2, 0) is 0 Å². The minimum Gasteiger partial charge on any atom is -0.497 e. The highest BCUT2D eigenvalue weighted by atomic mass is 35.5. The third-order valence-corrected chi connectivity index (χ3v) is 3.15. The molecular formula is C15H16ClN3O2. The summed E-state index contributed by atoms with van der Waals surface area (Å²) >= 11 is 6.08. The van der Waals surface area contributed by atoms with E-state index in [0.29, 0.717) is 34.4 Å². The summed E-state index contributed by atoms with van der Waals surface area (Å²) in [5.41, 5.74) is 0.950. The van der Waals surface area contributed by atoms with Gasteiger partial charge in [0.15, 0.2) is 0 Å². The van der Waals surface area contributed by atoms with Crippen LogP contribution in [0.1, 0.15) is 17.3 Å². The maximum absolute atomic E-state index is 12.4. The molecule has 0 radical (unpaired) electrons. The standard InChI is InChI=1S/C15H16ClN3O2/c1-3-17-14-11(5-4-8-18-14)15(20)19-13-9-10(21-2)6-7-12(13)16/h4-9H,3H2,1-2H3,(H,17,18)(H,19,20). The Kier molecular flexibility index (Phi) is 5.00. The molecule has 21 heavy (non-hydrogen) atoms. The molecule has 0 saturated heterocycles. The second-order valence-corrected chi connectivity index (χ2v) is 4.64. The van der Waals surface area contributed by atoms with Gasteiger partial charge in [-0.3, -0.25) is 4.79 Å². The summed E-state index contributed by atoms with van der Waals surface area (Å²) in [6, 6.07) is 8.48. The number of anilines is 2. The van der Waals surface area contributed by atoms with Crippen molar-refractivity contribution in [3.63, 3.8) is 0 Å². The minimum absolute atomic E-state index is 0.283. The average Bonchev–Trinajstić information content (AvgIpc) is 2.50. The molecule has 1 heterocycles. The lowest BCUT2D eigenvalue weighted by atomic mass is 10.2. The van der Waals surface area contributed by atoms with Crippen molar-refractivity contribution in [1.29, 1.82) is 0 Å². The molecule has 2 rings (SSSR count). The Morgan fingerprint density at radius 1 is 1.38 bits per heavy atom. The molecule has 0 aliphatic carbocycles. The lowest BCUT2D eigenvalue weighted by molar-refractivity contribution is 0.102. The molecule has 0 spiro atoms. The molecule has 0 aliphatic heterocycles. The number of nitrogens with one attached hydrogen (secondary N) is 2. The first-order valence-electron chi connectivity index (χ1n) is 6.49. The van der Waals surface area contributed by atoms with Crippen LogP contribution >= 0.6 is 11.6 Å². The van der Waals surface area contributed by atoms with Gasteiger partial charge in [-0.25, -0.2) is 4.98 Å². The topological polar surface area (TPSA) is 63.2 Å². The Balaban J connectivity index is 2.26. The van der Waals surface area contributed by atoms with E-state index in [2.05, 4.69) is 15.6 Å². The molecule has 1 aromatic carbocycles. The molecular weight excluding hydrogens is 290 g/mol. The van der Waals surface area contributed by atoms with Crippen LogP contribution in [0.2, 0.25) is 5.02 Å². The Bertz CT molecular complexity index is 647. The molecule has 6 heteroatoms. The number of carbonyl (C=O) groups is 1. The number of hydrogen-bond donors (Lipinski definition) is 2. The largest absolute Gasteiger partial charge is 0.497 e. The van der Waals surface area contributed by atoms with Crippen LogP contribution in [0.5, 0.6) is 5.75 Å². The van der Waals surface area contributed by atoms with Gasteiger partial charge < -0.3 is 15.4 Å². The van der Waals surface area contributed by atoms with E-state index >= 15 is 0 Å². The molecule has 0 fully saturated rings. The zero-order valence-corrected chi connectivity index (χ0v) is 12.6. The van der Waals surface area contributed by atoms with Crippen LogP contribution in [-0.4, -0.2) is 24.5 Å². The van der Waals surface area contributed by atoms with E-state index < -0.39 is 0 Å². The van der Waals surface area contributed by atoms with Crippen LogP contribution in [0, 0.1) is 0 Å². The van der Waals surface area contributed by atoms with E-state index in [1.54, 1.807) is 43.6 Å². The molecule has 110 valence electrons. The zero-order valence-electron chi connectivity index (χ0n) is 11.8. The molecule has 2 N–H and O–H groups in total. The first-order valence-corrected chi connectivity index (χ1v) is 6.87. The number of hydrogen-bond acceptors (Lipinski definition) is 4. The van der Waals surface area contributed by atoms with Gasteiger partial charge in [-0.15, -0.1) is 0 Å². The van der Waals surface area contributed by atoms with Crippen molar-refractivity contribution < 1.29 is 9.53 Å². The number of amides is 1. The minimum atomic E-state index is -0.283. The quantitative estimate of drug-likeness (QED) is 0.888. The fourth-order valence-corrected chi connectivity index (χ4v) is 1.98. The number of nitrogens with zero attached hydrogens (tertiary/aromatic N) is 1. The first kappa shape index (κ1) is 15.1. The van der Waals surface area contributed by atoms with Crippen molar-refractivity contribution in [2.24, 2.45) is 0 Å². The summed E-state index contributed by atoms with van der Waals surface area (Å²) in [5.74, 6) is 0.874. The fourth-order valence-electron chi connectivity index (χ4n) is 1.81. The Labute approximate surface area is 128 Å². The molecule has 5 nitrogen and oxygen atoms in total. The number of methoxy groups -OCH3 is 1. The molecule has 1 amide bonds. The zero-order chi connectivity index (χ0) is 15.2. The number of aromatic nitrogens is 1. The lowest BCUT2D eigenvalue weighted by Crippen LogP contribution is -2.16. The van der Waals surface area contributed by atoms with Gasteiger partial charge in [0, 0.05) is 18.8 Å². The highest BCUT2D eigenvalue weighted by Gasteiger charge is 2.13. The van der Waals surface area contributed by atoms with Crippen molar-refractivity contribution in [2.45, 2.75) is 6.92 Å². The highest BCUT2D eigenvalue weighted by Crippen LogP contribution is 2.27. The van der Waals surface area contributed by atoms with Crippen molar-refractivity contribution in [3.8, 4) is 5.75 Å². The van der Waals surface area contributed by atoms with Crippen molar-refractivity contribution in [1.82, 2.24) is 4.98 Å². The molecule has 1 aromatic heterocycles. The van der Waals surface area contributed by atoms with E-state index in [4.69, 9.17) is 16.3 Å². The second-order valence-electron chi connectivity index (χ2n) is 4.23. The van der Waals surface area contributed by atoms with Gasteiger partial charge in [-0.05, 0) is 31.2 Å². The fraction of sp³-hybridized carbons (Fsp3) is 0.200. The van der Waals surface area contributed by atoms with E-state index in [-0.39, 0.29) is 5.91 Å². The summed E-state index contributed by atoms with van der Waals surface area (Å²) < 4.78 is 5.12. The maximum atomic E-state index is 12.4. The normalized spacial score (nSPS) is 10.0. The maximum Gasteiger partial charge on any atom is 0.259 e. The molecule has 2 aromatic rings. The van der Waals surface area contributed by atoms with Crippen LogP contribution < -0.4 is 15.4 Å². The van der Waals surface area contributed by atoms with Gasteiger partial charge in [0.1, 0.15) is 11.6 Å². The number of pyridine rings is 1. The van der Waals surface area contributed by atoms with E-state index in [1.807, 2.05) is 6.92 Å². The summed E-state index contributed by atoms with van der Waals surface area (Å²) in [6.45, 7) is 2.62. The Morgan fingerprint density at radius 2 is 2.19 bits per heavy atom. The third kappa shape index (κ3) is 3.64. The van der Waals surface area contributed by atoms with Gasteiger partial charge in [-0.2, -0.15) is 0 Å². The number of ether oxygens (including phenoxy) is 1. The van der Waals surface area contributed by atoms with Crippen LogP contribution in [0.4, 0.5) is 11.5 Å². The van der Waals surface area contributed by atoms with Gasteiger partial charge >= 0.3 is 0 Å². The van der Waals surface area contributed by atoms with Gasteiger partial charge in [0.05, 0.1) is 23.4 Å². The van der Waals surface area contributed by atoms with Gasteiger partial charge in [-0.1, -0.05) is 11.6 Å².